The minimum Gasteiger partial charge on any atom is -0.478 e. The highest BCUT2D eigenvalue weighted by Crippen LogP contribution is 1.97. The predicted molar refractivity (Wildman–Crippen MR) is 52.5 cm³/mol. The maximum absolute atomic E-state index is 11.3. The molecular formula is C10H11NO3. The number of hydrogen-bond acceptors (Lipinski definition) is 2. The summed E-state index contributed by atoms with van der Waals surface area (Å²) in [5, 5.41) is 8.62. The van der Waals surface area contributed by atoms with E-state index in [1.165, 1.54) is 16.8 Å². The van der Waals surface area contributed by atoms with Crippen molar-refractivity contribution in [3.8, 4) is 0 Å². The lowest BCUT2D eigenvalue weighted by molar-refractivity contribution is 0.0696. The number of carboxylic acid groups (broad SMARTS) is 1. The van der Waals surface area contributed by atoms with Crippen molar-refractivity contribution in [2.75, 3.05) is 0 Å². The number of nitrogens with zero attached hydrogens (tertiary/aromatic N) is 1. The van der Waals surface area contributed by atoms with E-state index < -0.39 is 5.97 Å². The second-order valence-corrected chi connectivity index (χ2v) is 3.14. The molecule has 1 aromatic heterocycles. The Bertz CT molecular complexity index is 431. The lowest BCUT2D eigenvalue weighted by Gasteiger charge is -2.04. The third-order valence-electron chi connectivity index (χ3n) is 1.68. The van der Waals surface area contributed by atoms with Crippen LogP contribution in [0.1, 0.15) is 17.3 Å². The van der Waals surface area contributed by atoms with Gasteiger partial charge in [-0.05, 0) is 13.0 Å². The van der Waals surface area contributed by atoms with Crippen molar-refractivity contribution < 1.29 is 9.90 Å². The number of carboxylic acids is 1. The van der Waals surface area contributed by atoms with Crippen LogP contribution in [-0.2, 0) is 6.54 Å². The summed E-state index contributed by atoms with van der Waals surface area (Å²) in [6.45, 7) is 5.89. The Morgan fingerprint density at radius 1 is 1.64 bits per heavy atom. The van der Waals surface area contributed by atoms with Gasteiger partial charge in [-0.15, -0.1) is 0 Å². The molecule has 0 unspecified atom stereocenters. The van der Waals surface area contributed by atoms with Gasteiger partial charge >= 0.3 is 5.97 Å². The largest absolute Gasteiger partial charge is 0.478 e. The molecule has 1 aromatic rings. The molecule has 1 rings (SSSR count). The van der Waals surface area contributed by atoms with E-state index in [0.29, 0.717) is 6.54 Å². The van der Waals surface area contributed by atoms with Crippen LogP contribution in [0.25, 0.3) is 0 Å². The molecule has 0 bridgehead atoms. The Hall–Kier alpha value is -1.84. The van der Waals surface area contributed by atoms with Gasteiger partial charge in [0.2, 0.25) is 0 Å². The highest BCUT2D eigenvalue weighted by Gasteiger charge is 2.04. The quantitative estimate of drug-likeness (QED) is 0.732. The van der Waals surface area contributed by atoms with Crippen molar-refractivity contribution in [3.63, 3.8) is 0 Å². The molecule has 0 saturated carbocycles. The van der Waals surface area contributed by atoms with Crippen LogP contribution in [0.2, 0.25) is 0 Å². The van der Waals surface area contributed by atoms with Gasteiger partial charge in [-0.25, -0.2) is 4.79 Å². The van der Waals surface area contributed by atoms with Gasteiger partial charge in [-0.1, -0.05) is 12.2 Å². The second-order valence-electron chi connectivity index (χ2n) is 3.14. The summed E-state index contributed by atoms with van der Waals surface area (Å²) in [6.07, 6.45) is 1.46. The topological polar surface area (TPSA) is 59.3 Å². The van der Waals surface area contributed by atoms with Crippen molar-refractivity contribution >= 4 is 5.97 Å². The van der Waals surface area contributed by atoms with E-state index in [4.69, 9.17) is 5.11 Å². The summed E-state index contributed by atoms with van der Waals surface area (Å²) in [7, 11) is 0. The van der Waals surface area contributed by atoms with Crippen LogP contribution in [0.15, 0.2) is 35.3 Å². The Kier molecular flexibility index (Phi) is 2.86. The maximum Gasteiger partial charge on any atom is 0.335 e. The normalized spacial score (nSPS) is 9.79. The van der Waals surface area contributed by atoms with Crippen LogP contribution in [0.4, 0.5) is 0 Å². The fourth-order valence-electron chi connectivity index (χ4n) is 1.06. The first-order valence-corrected chi connectivity index (χ1v) is 4.09. The van der Waals surface area contributed by atoms with Gasteiger partial charge in [0, 0.05) is 18.8 Å². The molecule has 0 aromatic carbocycles. The van der Waals surface area contributed by atoms with Crippen molar-refractivity contribution in [2.24, 2.45) is 0 Å². The lowest BCUT2D eigenvalue weighted by atomic mass is 10.2. The third-order valence-corrected chi connectivity index (χ3v) is 1.68. The molecule has 0 saturated heterocycles. The molecule has 4 nitrogen and oxygen atoms in total. The molecule has 0 amide bonds. The van der Waals surface area contributed by atoms with Crippen molar-refractivity contribution in [1.82, 2.24) is 4.57 Å². The van der Waals surface area contributed by atoms with Crippen LogP contribution in [-0.4, -0.2) is 15.6 Å². The molecule has 0 aliphatic rings. The zero-order chi connectivity index (χ0) is 10.7. The van der Waals surface area contributed by atoms with Gasteiger partial charge in [0.25, 0.3) is 5.56 Å². The summed E-state index contributed by atoms with van der Waals surface area (Å²) in [6, 6.07) is 2.50. The Balaban J connectivity index is 3.08. The first-order chi connectivity index (χ1) is 6.50. The van der Waals surface area contributed by atoms with Crippen LogP contribution < -0.4 is 5.56 Å². The summed E-state index contributed by atoms with van der Waals surface area (Å²) < 4.78 is 1.41. The summed E-state index contributed by atoms with van der Waals surface area (Å²) in [5.74, 6) is -1.09. The number of aromatic carboxylic acids is 1. The Morgan fingerprint density at radius 2 is 2.29 bits per heavy atom. The van der Waals surface area contributed by atoms with E-state index in [9.17, 15) is 9.59 Å². The molecule has 1 N–H and O–H groups in total. The average Bonchev–Trinajstić information content (AvgIpc) is 2.07. The second kappa shape index (κ2) is 3.91. The standard InChI is InChI=1S/C10H11NO3/c1-7(2)6-11-4-3-8(10(13)14)5-9(11)12/h3-5H,1,6H2,2H3,(H,13,14). The lowest BCUT2D eigenvalue weighted by Crippen LogP contribution is -2.20. The molecule has 0 fully saturated rings. The zero-order valence-corrected chi connectivity index (χ0v) is 7.86. The van der Waals surface area contributed by atoms with Crippen LogP contribution in [0.5, 0.6) is 0 Å². The monoisotopic (exact) mass is 193 g/mol. The molecule has 74 valence electrons. The fraction of sp³-hybridized carbons (Fsp3) is 0.200. The molecular weight excluding hydrogens is 182 g/mol. The smallest absolute Gasteiger partial charge is 0.335 e. The molecule has 0 aliphatic heterocycles. The summed E-state index contributed by atoms with van der Waals surface area (Å²) >= 11 is 0. The van der Waals surface area contributed by atoms with E-state index in [2.05, 4.69) is 6.58 Å². The number of pyridine rings is 1. The Labute approximate surface area is 81.1 Å². The number of allylic oxidation sites excluding steroid dienone is 1. The van der Waals surface area contributed by atoms with E-state index in [-0.39, 0.29) is 11.1 Å². The van der Waals surface area contributed by atoms with Crippen LogP contribution in [0, 0.1) is 0 Å². The molecule has 0 radical (unpaired) electrons. The SMILES string of the molecule is C=C(C)Cn1ccc(C(=O)O)cc1=O. The van der Waals surface area contributed by atoms with E-state index in [1.54, 1.807) is 6.92 Å². The number of carbonyl (C=O) groups is 1. The molecule has 14 heavy (non-hydrogen) atoms. The highest BCUT2D eigenvalue weighted by atomic mass is 16.4. The van der Waals surface area contributed by atoms with Crippen molar-refractivity contribution in [2.45, 2.75) is 13.5 Å². The highest BCUT2D eigenvalue weighted by molar-refractivity contribution is 5.87. The minimum atomic E-state index is -1.09. The van der Waals surface area contributed by atoms with E-state index in [0.717, 1.165) is 11.6 Å². The van der Waals surface area contributed by atoms with Crippen LogP contribution >= 0.6 is 0 Å². The first kappa shape index (κ1) is 10.2. The number of rotatable bonds is 3. The summed E-state index contributed by atoms with van der Waals surface area (Å²) in [4.78, 5) is 21.9. The number of aromatic nitrogens is 1. The molecule has 1 heterocycles. The van der Waals surface area contributed by atoms with Gasteiger partial charge < -0.3 is 9.67 Å². The number of hydrogen-bond donors (Lipinski definition) is 1. The van der Waals surface area contributed by atoms with E-state index in [1.807, 2.05) is 0 Å². The molecule has 0 aliphatic carbocycles. The van der Waals surface area contributed by atoms with E-state index >= 15 is 0 Å². The maximum atomic E-state index is 11.3. The average molecular weight is 193 g/mol. The fourth-order valence-corrected chi connectivity index (χ4v) is 1.06. The minimum absolute atomic E-state index is 0.00738. The Morgan fingerprint density at radius 3 is 2.71 bits per heavy atom. The predicted octanol–water partition coefficient (Wildman–Crippen LogP) is 1.12. The molecule has 0 atom stereocenters. The molecule has 0 spiro atoms. The van der Waals surface area contributed by atoms with Crippen molar-refractivity contribution in [1.29, 1.82) is 0 Å². The zero-order valence-electron chi connectivity index (χ0n) is 7.86. The van der Waals surface area contributed by atoms with Gasteiger partial charge in [0.05, 0.1) is 5.56 Å². The van der Waals surface area contributed by atoms with Gasteiger partial charge in [0.1, 0.15) is 0 Å². The first-order valence-electron chi connectivity index (χ1n) is 4.09. The van der Waals surface area contributed by atoms with Gasteiger partial charge in [0.15, 0.2) is 0 Å². The van der Waals surface area contributed by atoms with Crippen LogP contribution in [0.3, 0.4) is 0 Å². The summed E-state index contributed by atoms with van der Waals surface area (Å²) in [5.41, 5.74) is 0.524. The van der Waals surface area contributed by atoms with Gasteiger partial charge in [-0.2, -0.15) is 0 Å². The third kappa shape index (κ3) is 2.32. The molecule has 4 heteroatoms. The van der Waals surface area contributed by atoms with Crippen molar-refractivity contribution in [3.05, 3.63) is 46.4 Å². The van der Waals surface area contributed by atoms with Gasteiger partial charge in [-0.3, -0.25) is 4.79 Å².